The fourth-order valence-corrected chi connectivity index (χ4v) is 1.81. The normalized spacial score (nSPS) is 10.1. The summed E-state index contributed by atoms with van der Waals surface area (Å²) >= 11 is 5.74. The Bertz CT molecular complexity index is 673. The zero-order chi connectivity index (χ0) is 15.9. The predicted octanol–water partition coefficient (Wildman–Crippen LogP) is 2.95. The predicted molar refractivity (Wildman–Crippen MR) is 80.0 cm³/mol. The maximum absolute atomic E-state index is 13.4. The molecule has 114 valence electrons. The van der Waals surface area contributed by atoms with E-state index < -0.39 is 17.7 Å². The number of hydrogen-bond acceptors (Lipinski definition) is 3. The minimum atomic E-state index is -0.665. The smallest absolute Gasteiger partial charge is 0.325 e. The first-order valence-corrected chi connectivity index (χ1v) is 6.87. The molecule has 0 aromatic heterocycles. The maximum Gasteiger partial charge on any atom is 0.325 e. The van der Waals surface area contributed by atoms with Crippen LogP contribution in [0.15, 0.2) is 48.5 Å². The number of carbonyl (C=O) groups excluding carboxylic acids is 2. The molecule has 0 atom stereocenters. The Morgan fingerprint density at radius 1 is 1.09 bits per heavy atom. The summed E-state index contributed by atoms with van der Waals surface area (Å²) in [6.45, 7) is -0.258. The summed E-state index contributed by atoms with van der Waals surface area (Å²) in [6, 6.07) is 12.4. The summed E-state index contributed by atoms with van der Waals surface area (Å²) < 4.78 is 18.4. The van der Waals surface area contributed by atoms with Crippen molar-refractivity contribution in [1.82, 2.24) is 5.32 Å². The summed E-state index contributed by atoms with van der Waals surface area (Å²) in [7, 11) is 0. The first kappa shape index (κ1) is 16.0. The lowest BCUT2D eigenvalue weighted by atomic mass is 10.2. The van der Waals surface area contributed by atoms with Crippen LogP contribution >= 0.6 is 11.6 Å². The molecule has 0 saturated heterocycles. The third-order valence-electron chi connectivity index (χ3n) is 2.82. The van der Waals surface area contributed by atoms with E-state index in [0.717, 1.165) is 5.56 Å². The van der Waals surface area contributed by atoms with Crippen LogP contribution < -0.4 is 5.32 Å². The Labute approximate surface area is 131 Å². The Balaban J connectivity index is 1.79. The highest BCUT2D eigenvalue weighted by molar-refractivity contribution is 6.30. The van der Waals surface area contributed by atoms with E-state index in [1.54, 1.807) is 24.3 Å². The van der Waals surface area contributed by atoms with Crippen molar-refractivity contribution in [3.8, 4) is 0 Å². The van der Waals surface area contributed by atoms with E-state index in [1.165, 1.54) is 24.3 Å². The van der Waals surface area contributed by atoms with E-state index in [-0.39, 0.29) is 18.7 Å². The van der Waals surface area contributed by atoms with Gasteiger partial charge in [0.15, 0.2) is 0 Å². The summed E-state index contributed by atoms with van der Waals surface area (Å²) in [4.78, 5) is 23.3. The van der Waals surface area contributed by atoms with E-state index in [9.17, 15) is 14.0 Å². The number of carbonyl (C=O) groups is 2. The fourth-order valence-electron chi connectivity index (χ4n) is 1.69. The lowest BCUT2D eigenvalue weighted by Gasteiger charge is -2.07. The van der Waals surface area contributed by atoms with Crippen LogP contribution in [0.25, 0.3) is 0 Å². The molecule has 2 rings (SSSR count). The maximum atomic E-state index is 13.4. The minimum absolute atomic E-state index is 0.0750. The molecule has 6 heteroatoms. The van der Waals surface area contributed by atoms with Gasteiger partial charge in [-0.2, -0.15) is 0 Å². The van der Waals surface area contributed by atoms with Gasteiger partial charge in [0.2, 0.25) is 0 Å². The molecule has 0 aliphatic rings. The molecular weight excluding hydrogens is 309 g/mol. The molecule has 2 aromatic rings. The van der Waals surface area contributed by atoms with Gasteiger partial charge < -0.3 is 10.1 Å². The molecule has 0 heterocycles. The van der Waals surface area contributed by atoms with Crippen molar-refractivity contribution in [1.29, 1.82) is 0 Å². The highest BCUT2D eigenvalue weighted by Gasteiger charge is 2.12. The van der Waals surface area contributed by atoms with Gasteiger partial charge in [0.05, 0.1) is 5.56 Å². The molecule has 0 spiro atoms. The summed E-state index contributed by atoms with van der Waals surface area (Å²) in [6.07, 6.45) is 0. The monoisotopic (exact) mass is 321 g/mol. The first-order valence-electron chi connectivity index (χ1n) is 6.49. The number of rotatable bonds is 5. The van der Waals surface area contributed by atoms with Gasteiger partial charge in [-0.3, -0.25) is 9.59 Å². The lowest BCUT2D eigenvalue weighted by Crippen LogP contribution is -2.31. The van der Waals surface area contributed by atoms with Crippen molar-refractivity contribution in [2.75, 3.05) is 6.54 Å². The SMILES string of the molecule is O=C(CNC(=O)c1ccccc1F)OCc1ccc(Cl)cc1. The average Bonchev–Trinajstić information content (AvgIpc) is 2.52. The van der Waals surface area contributed by atoms with Crippen molar-refractivity contribution in [3.63, 3.8) is 0 Å². The Hall–Kier alpha value is -2.40. The number of nitrogens with one attached hydrogen (secondary N) is 1. The molecule has 1 amide bonds. The van der Waals surface area contributed by atoms with Gasteiger partial charge in [-0.25, -0.2) is 4.39 Å². The molecule has 0 unspecified atom stereocenters. The second kappa shape index (κ2) is 7.56. The van der Waals surface area contributed by atoms with Gasteiger partial charge in [-0.05, 0) is 29.8 Å². The summed E-state index contributed by atoms with van der Waals surface area (Å²) in [5, 5.41) is 2.90. The minimum Gasteiger partial charge on any atom is -0.460 e. The molecule has 0 aliphatic heterocycles. The van der Waals surface area contributed by atoms with Crippen molar-refractivity contribution in [2.24, 2.45) is 0 Å². The van der Waals surface area contributed by atoms with Crippen LogP contribution in [0.4, 0.5) is 4.39 Å². The van der Waals surface area contributed by atoms with E-state index in [1.807, 2.05) is 0 Å². The second-order valence-electron chi connectivity index (χ2n) is 4.45. The van der Waals surface area contributed by atoms with Crippen LogP contribution in [0.1, 0.15) is 15.9 Å². The van der Waals surface area contributed by atoms with E-state index >= 15 is 0 Å². The Morgan fingerprint density at radius 3 is 2.45 bits per heavy atom. The average molecular weight is 322 g/mol. The van der Waals surface area contributed by atoms with Gasteiger partial charge in [-0.1, -0.05) is 35.9 Å². The molecule has 0 aliphatic carbocycles. The third-order valence-corrected chi connectivity index (χ3v) is 3.08. The number of benzene rings is 2. The van der Waals surface area contributed by atoms with Crippen LogP contribution in [0.5, 0.6) is 0 Å². The van der Waals surface area contributed by atoms with E-state index in [4.69, 9.17) is 16.3 Å². The number of halogens is 2. The van der Waals surface area contributed by atoms with Crippen molar-refractivity contribution >= 4 is 23.5 Å². The fraction of sp³-hybridized carbons (Fsp3) is 0.125. The summed E-state index contributed by atoms with van der Waals surface area (Å²) in [5.74, 6) is -1.92. The van der Waals surface area contributed by atoms with E-state index in [2.05, 4.69) is 5.32 Å². The topological polar surface area (TPSA) is 55.4 Å². The van der Waals surface area contributed by atoms with Crippen LogP contribution in [-0.4, -0.2) is 18.4 Å². The zero-order valence-electron chi connectivity index (χ0n) is 11.5. The molecule has 22 heavy (non-hydrogen) atoms. The molecule has 0 bridgehead atoms. The largest absolute Gasteiger partial charge is 0.460 e. The Morgan fingerprint density at radius 2 is 1.77 bits per heavy atom. The van der Waals surface area contributed by atoms with Gasteiger partial charge in [0.25, 0.3) is 5.91 Å². The van der Waals surface area contributed by atoms with Gasteiger partial charge in [-0.15, -0.1) is 0 Å². The molecule has 1 N–H and O–H groups in total. The van der Waals surface area contributed by atoms with Crippen LogP contribution in [0.3, 0.4) is 0 Å². The number of esters is 1. The van der Waals surface area contributed by atoms with Gasteiger partial charge in [0, 0.05) is 5.02 Å². The molecule has 0 saturated carbocycles. The van der Waals surface area contributed by atoms with Crippen LogP contribution in [-0.2, 0) is 16.1 Å². The molecule has 4 nitrogen and oxygen atoms in total. The third kappa shape index (κ3) is 4.56. The van der Waals surface area contributed by atoms with Crippen molar-refractivity contribution in [2.45, 2.75) is 6.61 Å². The highest BCUT2D eigenvalue weighted by atomic mass is 35.5. The molecule has 2 aromatic carbocycles. The van der Waals surface area contributed by atoms with Gasteiger partial charge in [0.1, 0.15) is 19.0 Å². The standard InChI is InChI=1S/C16H13ClFNO3/c17-12-7-5-11(6-8-12)10-22-15(20)9-19-16(21)13-3-1-2-4-14(13)18/h1-8H,9-10H2,(H,19,21). The Kier molecular flexibility index (Phi) is 5.49. The van der Waals surface area contributed by atoms with Crippen LogP contribution in [0, 0.1) is 5.82 Å². The van der Waals surface area contributed by atoms with Crippen molar-refractivity contribution < 1.29 is 18.7 Å². The van der Waals surface area contributed by atoms with E-state index in [0.29, 0.717) is 5.02 Å². The molecule has 0 radical (unpaired) electrons. The molecule has 0 fully saturated rings. The first-order chi connectivity index (χ1) is 10.6. The van der Waals surface area contributed by atoms with Gasteiger partial charge >= 0.3 is 5.97 Å². The lowest BCUT2D eigenvalue weighted by molar-refractivity contribution is -0.143. The number of amides is 1. The highest BCUT2D eigenvalue weighted by Crippen LogP contribution is 2.10. The molecular formula is C16H13ClFNO3. The zero-order valence-corrected chi connectivity index (χ0v) is 12.3. The quantitative estimate of drug-likeness (QED) is 0.861. The van der Waals surface area contributed by atoms with Crippen molar-refractivity contribution in [3.05, 3.63) is 70.5 Å². The number of ether oxygens (including phenoxy) is 1. The van der Waals surface area contributed by atoms with Crippen LogP contribution in [0.2, 0.25) is 5.02 Å². The second-order valence-corrected chi connectivity index (χ2v) is 4.89. The number of hydrogen-bond donors (Lipinski definition) is 1. The summed E-state index contributed by atoms with van der Waals surface area (Å²) in [5.41, 5.74) is 0.659.